The summed E-state index contributed by atoms with van der Waals surface area (Å²) in [6, 6.07) is 22.0. The smallest absolute Gasteiger partial charge is 0.0217 e. The third-order valence-electron chi connectivity index (χ3n) is 5.62. The standard InChI is InChI=1S/C23H32N2/c1-4-19-16-25(17-22(19)15-24(2)3)18-23(20-11-7-5-8-12-20)21-13-9-6-10-14-21/h5-14,19,22-23H,4,15-18H2,1-3H3/t19-,22+/m0/s1. The van der Waals surface area contributed by atoms with Gasteiger partial charge in [0.2, 0.25) is 0 Å². The van der Waals surface area contributed by atoms with E-state index in [4.69, 9.17) is 0 Å². The van der Waals surface area contributed by atoms with Crippen LogP contribution in [0.3, 0.4) is 0 Å². The number of likely N-dealkylation sites (tertiary alicyclic amines) is 1. The van der Waals surface area contributed by atoms with Gasteiger partial charge in [-0.3, -0.25) is 0 Å². The van der Waals surface area contributed by atoms with E-state index in [2.05, 4.69) is 91.5 Å². The third-order valence-corrected chi connectivity index (χ3v) is 5.62. The molecule has 0 radical (unpaired) electrons. The molecule has 134 valence electrons. The molecule has 2 atom stereocenters. The monoisotopic (exact) mass is 336 g/mol. The molecule has 0 aromatic heterocycles. The molecule has 2 aromatic carbocycles. The van der Waals surface area contributed by atoms with Crippen molar-refractivity contribution in [3.8, 4) is 0 Å². The van der Waals surface area contributed by atoms with Gasteiger partial charge in [-0.15, -0.1) is 0 Å². The van der Waals surface area contributed by atoms with Crippen LogP contribution in [0.2, 0.25) is 0 Å². The molecular weight excluding hydrogens is 304 g/mol. The minimum Gasteiger partial charge on any atom is -0.309 e. The van der Waals surface area contributed by atoms with Crippen molar-refractivity contribution < 1.29 is 0 Å². The minimum absolute atomic E-state index is 0.456. The molecule has 0 saturated carbocycles. The van der Waals surface area contributed by atoms with Gasteiger partial charge in [-0.2, -0.15) is 0 Å². The van der Waals surface area contributed by atoms with Crippen LogP contribution in [0, 0.1) is 11.8 Å². The molecule has 0 N–H and O–H groups in total. The van der Waals surface area contributed by atoms with Crippen molar-refractivity contribution in [2.45, 2.75) is 19.3 Å². The van der Waals surface area contributed by atoms with Crippen molar-refractivity contribution in [3.63, 3.8) is 0 Å². The predicted molar refractivity (Wildman–Crippen MR) is 107 cm³/mol. The molecule has 1 aliphatic heterocycles. The Hall–Kier alpha value is -1.64. The van der Waals surface area contributed by atoms with Crippen molar-refractivity contribution in [1.29, 1.82) is 0 Å². The maximum atomic E-state index is 2.70. The summed E-state index contributed by atoms with van der Waals surface area (Å²) >= 11 is 0. The molecule has 0 aliphatic carbocycles. The highest BCUT2D eigenvalue weighted by atomic mass is 15.2. The Bertz CT molecular complexity index is 584. The maximum absolute atomic E-state index is 2.70. The van der Waals surface area contributed by atoms with Crippen LogP contribution in [0.1, 0.15) is 30.4 Å². The molecule has 0 spiro atoms. The fourth-order valence-corrected chi connectivity index (χ4v) is 4.36. The minimum atomic E-state index is 0.456. The molecule has 1 fully saturated rings. The number of benzene rings is 2. The zero-order chi connectivity index (χ0) is 17.6. The number of nitrogens with zero attached hydrogens (tertiary/aromatic N) is 2. The first-order valence-corrected chi connectivity index (χ1v) is 9.64. The normalized spacial score (nSPS) is 21.3. The van der Waals surface area contributed by atoms with Crippen LogP contribution in [0.25, 0.3) is 0 Å². The molecule has 2 nitrogen and oxygen atoms in total. The van der Waals surface area contributed by atoms with Crippen molar-refractivity contribution in [2.24, 2.45) is 11.8 Å². The Morgan fingerprint density at radius 3 is 1.88 bits per heavy atom. The molecule has 2 aromatic rings. The van der Waals surface area contributed by atoms with Gasteiger partial charge in [0.1, 0.15) is 0 Å². The molecule has 25 heavy (non-hydrogen) atoms. The maximum Gasteiger partial charge on any atom is 0.0217 e. The van der Waals surface area contributed by atoms with Gasteiger partial charge in [0.25, 0.3) is 0 Å². The second-order valence-corrected chi connectivity index (χ2v) is 7.78. The van der Waals surface area contributed by atoms with E-state index in [1.165, 1.54) is 37.2 Å². The van der Waals surface area contributed by atoms with E-state index < -0.39 is 0 Å². The number of hydrogen-bond donors (Lipinski definition) is 0. The quantitative estimate of drug-likeness (QED) is 0.742. The highest BCUT2D eigenvalue weighted by molar-refractivity contribution is 5.32. The number of hydrogen-bond acceptors (Lipinski definition) is 2. The molecular formula is C23H32N2. The molecule has 3 rings (SSSR count). The fraction of sp³-hybridized carbons (Fsp3) is 0.478. The summed E-state index contributed by atoms with van der Waals surface area (Å²) in [5, 5.41) is 0. The van der Waals surface area contributed by atoms with Gasteiger partial charge < -0.3 is 9.80 Å². The van der Waals surface area contributed by atoms with E-state index in [1.54, 1.807) is 0 Å². The Kier molecular flexibility index (Phi) is 6.28. The van der Waals surface area contributed by atoms with Gasteiger partial charge >= 0.3 is 0 Å². The summed E-state index contributed by atoms with van der Waals surface area (Å²) in [5.41, 5.74) is 2.86. The van der Waals surface area contributed by atoms with Gasteiger partial charge in [-0.25, -0.2) is 0 Å². The SMILES string of the molecule is CC[C@H]1CN(CC(c2ccccc2)c2ccccc2)C[C@H]1CN(C)C. The lowest BCUT2D eigenvalue weighted by atomic mass is 9.91. The molecule has 1 heterocycles. The van der Waals surface area contributed by atoms with Gasteiger partial charge in [-0.05, 0) is 37.1 Å². The largest absolute Gasteiger partial charge is 0.309 e. The molecule has 0 unspecified atom stereocenters. The summed E-state index contributed by atoms with van der Waals surface area (Å²) in [6.07, 6.45) is 1.29. The first-order chi connectivity index (χ1) is 12.2. The Morgan fingerprint density at radius 2 is 1.40 bits per heavy atom. The lowest BCUT2D eigenvalue weighted by Gasteiger charge is -2.25. The van der Waals surface area contributed by atoms with Gasteiger partial charge in [0.15, 0.2) is 0 Å². The summed E-state index contributed by atoms with van der Waals surface area (Å²) in [7, 11) is 4.40. The summed E-state index contributed by atoms with van der Waals surface area (Å²) in [5.74, 6) is 2.08. The van der Waals surface area contributed by atoms with E-state index >= 15 is 0 Å². The van der Waals surface area contributed by atoms with Crippen LogP contribution in [0.5, 0.6) is 0 Å². The first kappa shape index (κ1) is 18.2. The highest BCUT2D eigenvalue weighted by Gasteiger charge is 2.33. The first-order valence-electron chi connectivity index (χ1n) is 9.64. The lowest BCUT2D eigenvalue weighted by molar-refractivity contribution is 0.276. The summed E-state index contributed by atoms with van der Waals surface area (Å²) < 4.78 is 0. The van der Waals surface area contributed by atoms with Crippen LogP contribution in [-0.4, -0.2) is 50.1 Å². The van der Waals surface area contributed by atoms with E-state index in [0.29, 0.717) is 5.92 Å². The topological polar surface area (TPSA) is 6.48 Å². The van der Waals surface area contributed by atoms with Crippen molar-refractivity contribution >= 4 is 0 Å². The fourth-order valence-electron chi connectivity index (χ4n) is 4.36. The van der Waals surface area contributed by atoms with Gasteiger partial charge in [0, 0.05) is 32.1 Å². The van der Waals surface area contributed by atoms with E-state index in [9.17, 15) is 0 Å². The van der Waals surface area contributed by atoms with Crippen LogP contribution in [-0.2, 0) is 0 Å². The summed E-state index contributed by atoms with van der Waals surface area (Å²) in [6.45, 7) is 7.14. The molecule has 0 amide bonds. The van der Waals surface area contributed by atoms with Crippen molar-refractivity contribution in [3.05, 3.63) is 71.8 Å². The Labute approximate surface area is 153 Å². The predicted octanol–water partition coefficient (Wildman–Crippen LogP) is 4.34. The van der Waals surface area contributed by atoms with Crippen molar-refractivity contribution in [2.75, 3.05) is 40.3 Å². The third kappa shape index (κ3) is 4.71. The van der Waals surface area contributed by atoms with Crippen LogP contribution in [0.15, 0.2) is 60.7 Å². The van der Waals surface area contributed by atoms with Crippen LogP contribution >= 0.6 is 0 Å². The average molecular weight is 337 g/mol. The Morgan fingerprint density at radius 1 is 0.880 bits per heavy atom. The van der Waals surface area contributed by atoms with Gasteiger partial charge in [0.05, 0.1) is 0 Å². The zero-order valence-corrected chi connectivity index (χ0v) is 15.9. The van der Waals surface area contributed by atoms with Crippen LogP contribution in [0.4, 0.5) is 0 Å². The molecule has 2 heteroatoms. The second-order valence-electron chi connectivity index (χ2n) is 7.78. The Balaban J connectivity index is 1.77. The highest BCUT2D eigenvalue weighted by Crippen LogP contribution is 2.31. The van der Waals surface area contributed by atoms with E-state index in [1.807, 2.05) is 0 Å². The molecule has 1 aliphatic rings. The summed E-state index contributed by atoms with van der Waals surface area (Å²) in [4.78, 5) is 5.05. The van der Waals surface area contributed by atoms with Gasteiger partial charge in [-0.1, -0.05) is 74.0 Å². The number of rotatable bonds is 7. The van der Waals surface area contributed by atoms with Crippen LogP contribution < -0.4 is 0 Å². The molecule has 0 bridgehead atoms. The zero-order valence-electron chi connectivity index (χ0n) is 15.9. The van der Waals surface area contributed by atoms with Crippen molar-refractivity contribution in [1.82, 2.24) is 9.80 Å². The van der Waals surface area contributed by atoms with E-state index in [0.717, 1.165) is 18.4 Å². The molecule has 1 saturated heterocycles. The second kappa shape index (κ2) is 8.64. The lowest BCUT2D eigenvalue weighted by Crippen LogP contribution is -2.29. The average Bonchev–Trinajstić information content (AvgIpc) is 3.02. The van der Waals surface area contributed by atoms with E-state index in [-0.39, 0.29) is 0 Å².